The fourth-order valence-corrected chi connectivity index (χ4v) is 5.19. The first-order valence-corrected chi connectivity index (χ1v) is 12.7. The number of benzene rings is 1. The molecule has 2 saturated heterocycles. The zero-order valence-electron chi connectivity index (χ0n) is 18.7. The smallest absolute Gasteiger partial charge is 0.319 e. The van der Waals surface area contributed by atoms with Crippen molar-refractivity contribution in [2.24, 2.45) is 0 Å². The molecule has 9 nitrogen and oxygen atoms in total. The predicted molar refractivity (Wildman–Crippen MR) is 135 cm³/mol. The van der Waals surface area contributed by atoms with E-state index >= 15 is 0 Å². The standard InChI is InChI=1S/C23H29IN6O3/c1-2-25-23(31)26-16-5-3-15(4-6-16)21-27-19-11-29(17-12-33-13-17)8-7-18(19)22(28-21)30-9-10-32-14-20(30)24/h3-6,17,20H,2,7-14H2,1H3,(H2,25,26,31)/t20-/m1/s1. The number of amides is 2. The number of urea groups is 1. The molecule has 2 aromatic rings. The minimum atomic E-state index is -0.210. The Bertz CT molecular complexity index is 1000. The van der Waals surface area contributed by atoms with Crippen molar-refractivity contribution in [2.45, 2.75) is 30.0 Å². The largest absolute Gasteiger partial charge is 0.378 e. The van der Waals surface area contributed by atoms with Gasteiger partial charge in [-0.15, -0.1) is 0 Å². The van der Waals surface area contributed by atoms with E-state index in [2.05, 4.69) is 43.0 Å². The van der Waals surface area contributed by atoms with Crippen molar-refractivity contribution in [2.75, 3.05) is 56.3 Å². The molecule has 0 radical (unpaired) electrons. The molecule has 2 fully saturated rings. The third-order valence-corrected chi connectivity index (χ3v) is 7.32. The van der Waals surface area contributed by atoms with Crippen LogP contribution >= 0.6 is 22.6 Å². The fourth-order valence-electron chi connectivity index (χ4n) is 4.39. The maximum atomic E-state index is 11.8. The van der Waals surface area contributed by atoms with Crippen LogP contribution in [0, 0.1) is 0 Å². The molecule has 0 aliphatic carbocycles. The number of rotatable bonds is 5. The van der Waals surface area contributed by atoms with Crippen LogP contribution in [0.15, 0.2) is 24.3 Å². The van der Waals surface area contributed by atoms with Gasteiger partial charge in [0.15, 0.2) is 5.82 Å². The monoisotopic (exact) mass is 564 g/mol. The molecule has 1 aromatic heterocycles. The molecule has 4 heterocycles. The van der Waals surface area contributed by atoms with E-state index in [1.807, 2.05) is 31.2 Å². The number of hydrogen-bond donors (Lipinski definition) is 2. The molecule has 0 saturated carbocycles. The Balaban J connectivity index is 1.47. The summed E-state index contributed by atoms with van der Waals surface area (Å²) < 4.78 is 11.3. The number of aromatic nitrogens is 2. The number of fused-ring (bicyclic) bond motifs is 1. The van der Waals surface area contributed by atoms with Gasteiger partial charge in [-0.2, -0.15) is 0 Å². The van der Waals surface area contributed by atoms with Crippen LogP contribution in [-0.4, -0.2) is 77.1 Å². The van der Waals surface area contributed by atoms with Gasteiger partial charge in [0.25, 0.3) is 0 Å². The second kappa shape index (κ2) is 10.1. The fraction of sp³-hybridized carbons (Fsp3) is 0.522. The number of nitrogens with zero attached hydrogens (tertiary/aromatic N) is 4. The second-order valence-corrected chi connectivity index (χ2v) is 9.91. The van der Waals surface area contributed by atoms with Crippen molar-refractivity contribution in [3.63, 3.8) is 0 Å². The number of nitrogens with one attached hydrogen (secondary N) is 2. The van der Waals surface area contributed by atoms with E-state index in [0.29, 0.717) is 25.8 Å². The highest BCUT2D eigenvalue weighted by Crippen LogP contribution is 2.33. The number of carbonyl (C=O) groups excluding carboxylic acids is 1. The Labute approximate surface area is 207 Å². The van der Waals surface area contributed by atoms with Gasteiger partial charge in [0.1, 0.15) is 9.87 Å². The molecule has 10 heteroatoms. The quantitative estimate of drug-likeness (QED) is 0.328. The molecule has 1 atom stereocenters. The summed E-state index contributed by atoms with van der Waals surface area (Å²) in [6.45, 7) is 8.14. The highest BCUT2D eigenvalue weighted by Gasteiger charge is 2.33. The van der Waals surface area contributed by atoms with Gasteiger partial charge in [-0.3, -0.25) is 4.90 Å². The first kappa shape index (κ1) is 22.8. The average Bonchev–Trinajstić information content (AvgIpc) is 2.78. The summed E-state index contributed by atoms with van der Waals surface area (Å²) in [5.74, 6) is 1.75. The highest BCUT2D eigenvalue weighted by atomic mass is 127. The van der Waals surface area contributed by atoms with Gasteiger partial charge in [-0.05, 0) is 37.6 Å². The lowest BCUT2D eigenvalue weighted by Crippen LogP contribution is -2.51. The SMILES string of the molecule is CCNC(=O)Nc1ccc(-c2nc3c(c(N4CCOC[C@@H]4I)n2)CCN(C2COC2)C3)cc1. The third-order valence-electron chi connectivity index (χ3n) is 6.29. The van der Waals surface area contributed by atoms with E-state index in [0.717, 1.165) is 67.9 Å². The third kappa shape index (κ3) is 4.93. The van der Waals surface area contributed by atoms with Crippen molar-refractivity contribution >= 4 is 40.1 Å². The zero-order valence-corrected chi connectivity index (χ0v) is 20.9. The number of alkyl halides is 1. The molecule has 2 amide bonds. The van der Waals surface area contributed by atoms with Gasteiger partial charge in [0, 0.05) is 43.0 Å². The average molecular weight is 564 g/mol. The van der Waals surface area contributed by atoms with Gasteiger partial charge < -0.3 is 25.0 Å². The number of carbonyl (C=O) groups is 1. The number of halogens is 1. The first-order chi connectivity index (χ1) is 16.1. The Morgan fingerprint density at radius 3 is 2.67 bits per heavy atom. The number of anilines is 2. The number of morpholine rings is 1. The zero-order chi connectivity index (χ0) is 22.8. The maximum absolute atomic E-state index is 11.8. The second-order valence-electron chi connectivity index (χ2n) is 8.47. The summed E-state index contributed by atoms with van der Waals surface area (Å²) >= 11 is 2.44. The topological polar surface area (TPSA) is 91.9 Å². The van der Waals surface area contributed by atoms with Crippen LogP contribution in [-0.2, 0) is 22.4 Å². The van der Waals surface area contributed by atoms with Gasteiger partial charge >= 0.3 is 6.03 Å². The predicted octanol–water partition coefficient (Wildman–Crippen LogP) is 2.64. The summed E-state index contributed by atoms with van der Waals surface area (Å²) in [6, 6.07) is 7.99. The highest BCUT2D eigenvalue weighted by molar-refractivity contribution is 14.1. The van der Waals surface area contributed by atoms with E-state index < -0.39 is 0 Å². The van der Waals surface area contributed by atoms with Gasteiger partial charge in [-0.1, -0.05) is 22.6 Å². The van der Waals surface area contributed by atoms with Crippen LogP contribution in [0.1, 0.15) is 18.2 Å². The van der Waals surface area contributed by atoms with E-state index in [9.17, 15) is 4.79 Å². The van der Waals surface area contributed by atoms with Crippen LogP contribution in [0.3, 0.4) is 0 Å². The lowest BCUT2D eigenvalue weighted by molar-refractivity contribution is -0.0699. The van der Waals surface area contributed by atoms with E-state index in [1.165, 1.54) is 5.56 Å². The van der Waals surface area contributed by atoms with Gasteiger partial charge in [-0.25, -0.2) is 14.8 Å². The molecule has 3 aliphatic heterocycles. The Hall–Kier alpha value is -2.02. The van der Waals surface area contributed by atoms with E-state index in [4.69, 9.17) is 19.4 Å². The normalized spacial score (nSPS) is 21.3. The number of hydrogen-bond acceptors (Lipinski definition) is 7. The molecule has 3 aliphatic rings. The van der Waals surface area contributed by atoms with E-state index in [1.54, 1.807) is 0 Å². The Morgan fingerprint density at radius 2 is 1.97 bits per heavy atom. The van der Waals surface area contributed by atoms with Crippen LogP contribution in [0.5, 0.6) is 0 Å². The minimum Gasteiger partial charge on any atom is -0.378 e. The molecule has 0 bridgehead atoms. The van der Waals surface area contributed by atoms with E-state index in [-0.39, 0.29) is 10.1 Å². The molecule has 1 aromatic carbocycles. The molecule has 0 unspecified atom stereocenters. The van der Waals surface area contributed by atoms with Gasteiger partial charge in [0.2, 0.25) is 0 Å². The van der Waals surface area contributed by atoms with Crippen molar-refractivity contribution in [1.29, 1.82) is 0 Å². The van der Waals surface area contributed by atoms with Crippen LogP contribution in [0.25, 0.3) is 11.4 Å². The Morgan fingerprint density at radius 1 is 1.15 bits per heavy atom. The van der Waals surface area contributed by atoms with Crippen molar-refractivity contribution in [3.8, 4) is 11.4 Å². The van der Waals surface area contributed by atoms with Gasteiger partial charge in [0.05, 0.1) is 38.2 Å². The summed E-state index contributed by atoms with van der Waals surface area (Å²) in [6.07, 6.45) is 0.942. The summed E-state index contributed by atoms with van der Waals surface area (Å²) in [5, 5.41) is 5.58. The molecular weight excluding hydrogens is 535 g/mol. The lowest BCUT2D eigenvalue weighted by Gasteiger charge is -2.41. The maximum Gasteiger partial charge on any atom is 0.319 e. The molecule has 0 spiro atoms. The summed E-state index contributed by atoms with van der Waals surface area (Å²) in [5.41, 5.74) is 4.03. The Kier molecular flexibility index (Phi) is 6.95. The van der Waals surface area contributed by atoms with Crippen molar-refractivity contribution in [1.82, 2.24) is 20.2 Å². The molecule has 2 N–H and O–H groups in total. The van der Waals surface area contributed by atoms with Crippen molar-refractivity contribution in [3.05, 3.63) is 35.5 Å². The summed E-state index contributed by atoms with van der Waals surface area (Å²) in [7, 11) is 0. The van der Waals surface area contributed by atoms with Crippen LogP contribution in [0.4, 0.5) is 16.3 Å². The summed E-state index contributed by atoms with van der Waals surface area (Å²) in [4.78, 5) is 26.7. The molecule has 176 valence electrons. The first-order valence-electron chi connectivity index (χ1n) is 11.5. The van der Waals surface area contributed by atoms with Crippen molar-refractivity contribution < 1.29 is 14.3 Å². The molecule has 5 rings (SSSR count). The minimum absolute atomic E-state index is 0.210. The molecule has 33 heavy (non-hydrogen) atoms. The number of ether oxygens (including phenoxy) is 2. The van der Waals surface area contributed by atoms with Crippen LogP contribution < -0.4 is 15.5 Å². The lowest BCUT2D eigenvalue weighted by atomic mass is 10.0. The molecular formula is C23H29IN6O3. The van der Waals surface area contributed by atoms with Crippen LogP contribution in [0.2, 0.25) is 0 Å².